The number of carboxylic acids is 1. The molecule has 1 atom stereocenters. The van der Waals surface area contributed by atoms with Gasteiger partial charge in [0.25, 0.3) is 0 Å². The number of carboxylic acid groups (broad SMARTS) is 1. The molecule has 0 rings (SSSR count). The van der Waals surface area contributed by atoms with E-state index in [0.717, 1.165) is 32.1 Å². The molecule has 1 unspecified atom stereocenters. The molecular formula is C24H44O4. The SMILES string of the molecule is CCCCCC/C=C\CCCC(=O)OC(CCCCCCCCC)CC(=O)O. The fraction of sp³-hybridized carbons (Fsp3) is 0.833. The van der Waals surface area contributed by atoms with Crippen LogP contribution in [0.5, 0.6) is 0 Å². The lowest BCUT2D eigenvalue weighted by atomic mass is 10.0. The molecule has 0 radical (unpaired) electrons. The van der Waals surface area contributed by atoms with Crippen LogP contribution in [0.15, 0.2) is 12.2 Å². The molecule has 4 nitrogen and oxygen atoms in total. The predicted octanol–water partition coefficient (Wildman–Crippen LogP) is 7.21. The highest BCUT2D eigenvalue weighted by Crippen LogP contribution is 2.15. The molecule has 28 heavy (non-hydrogen) atoms. The molecule has 4 heteroatoms. The van der Waals surface area contributed by atoms with Crippen LogP contribution in [-0.4, -0.2) is 23.1 Å². The van der Waals surface area contributed by atoms with E-state index in [1.54, 1.807) is 0 Å². The zero-order chi connectivity index (χ0) is 20.9. The average Bonchev–Trinajstić information content (AvgIpc) is 2.65. The first-order valence-corrected chi connectivity index (χ1v) is 11.7. The Balaban J connectivity index is 3.86. The Labute approximate surface area is 173 Å². The quantitative estimate of drug-likeness (QED) is 0.134. The van der Waals surface area contributed by atoms with Crippen molar-refractivity contribution in [2.24, 2.45) is 0 Å². The van der Waals surface area contributed by atoms with Crippen molar-refractivity contribution in [3.05, 3.63) is 12.2 Å². The van der Waals surface area contributed by atoms with Crippen molar-refractivity contribution in [1.29, 1.82) is 0 Å². The van der Waals surface area contributed by atoms with E-state index >= 15 is 0 Å². The molecule has 164 valence electrons. The number of carbonyl (C=O) groups is 2. The molecule has 0 spiro atoms. The number of rotatable bonds is 20. The number of allylic oxidation sites excluding steroid dienone is 2. The lowest BCUT2D eigenvalue weighted by Gasteiger charge is -2.16. The second-order valence-electron chi connectivity index (χ2n) is 7.83. The van der Waals surface area contributed by atoms with Gasteiger partial charge in [-0.25, -0.2) is 0 Å². The molecule has 1 N–H and O–H groups in total. The van der Waals surface area contributed by atoms with E-state index in [2.05, 4.69) is 26.0 Å². The number of unbranched alkanes of at least 4 members (excludes halogenated alkanes) is 11. The highest BCUT2D eigenvalue weighted by atomic mass is 16.5. The summed E-state index contributed by atoms with van der Waals surface area (Å²) in [7, 11) is 0. The molecule has 0 saturated carbocycles. The summed E-state index contributed by atoms with van der Waals surface area (Å²) in [5.41, 5.74) is 0. The number of carbonyl (C=O) groups excluding carboxylic acids is 1. The standard InChI is InChI=1S/C24H44O4/c1-3-5-7-9-11-12-14-16-18-20-24(27)28-22(21-23(25)26)19-17-15-13-10-8-6-4-2/h12,14,22H,3-11,13,15-21H2,1-2H3,(H,25,26)/b14-12-. The molecule has 0 bridgehead atoms. The molecule has 0 amide bonds. The van der Waals surface area contributed by atoms with Crippen molar-refractivity contribution < 1.29 is 19.4 Å². The average molecular weight is 397 g/mol. The van der Waals surface area contributed by atoms with E-state index in [-0.39, 0.29) is 12.4 Å². The van der Waals surface area contributed by atoms with Crippen LogP contribution in [0.4, 0.5) is 0 Å². The van der Waals surface area contributed by atoms with E-state index in [1.165, 1.54) is 57.8 Å². The molecule has 0 aliphatic heterocycles. The number of hydrogen-bond acceptors (Lipinski definition) is 3. The van der Waals surface area contributed by atoms with E-state index in [0.29, 0.717) is 12.8 Å². The van der Waals surface area contributed by atoms with E-state index in [1.807, 2.05) is 0 Å². The third kappa shape index (κ3) is 19.4. The van der Waals surface area contributed by atoms with Crippen molar-refractivity contribution in [2.75, 3.05) is 0 Å². The summed E-state index contributed by atoms with van der Waals surface area (Å²) in [6, 6.07) is 0. The van der Waals surface area contributed by atoms with Gasteiger partial charge >= 0.3 is 11.9 Å². The minimum Gasteiger partial charge on any atom is -0.481 e. The number of hydrogen-bond donors (Lipinski definition) is 1. The summed E-state index contributed by atoms with van der Waals surface area (Å²) in [6.07, 6.45) is 20.9. The van der Waals surface area contributed by atoms with Gasteiger partial charge in [0.1, 0.15) is 6.10 Å². The molecule has 0 heterocycles. The number of ether oxygens (including phenoxy) is 1. The van der Waals surface area contributed by atoms with Gasteiger partial charge in [-0.3, -0.25) is 9.59 Å². The first kappa shape index (κ1) is 26.7. The van der Waals surface area contributed by atoms with Crippen molar-refractivity contribution in [1.82, 2.24) is 0 Å². The maximum absolute atomic E-state index is 12.0. The minimum atomic E-state index is -0.897. The van der Waals surface area contributed by atoms with Gasteiger partial charge in [0.2, 0.25) is 0 Å². The molecule has 0 aliphatic rings. The van der Waals surface area contributed by atoms with Gasteiger partial charge in [0.15, 0.2) is 0 Å². The second kappa shape index (κ2) is 20.4. The Morgan fingerprint density at radius 3 is 1.93 bits per heavy atom. The minimum absolute atomic E-state index is 0.0841. The van der Waals surface area contributed by atoms with E-state index in [9.17, 15) is 9.59 Å². The van der Waals surface area contributed by atoms with Crippen LogP contribution in [0.1, 0.15) is 123 Å². The van der Waals surface area contributed by atoms with Crippen molar-refractivity contribution in [3.8, 4) is 0 Å². The molecular weight excluding hydrogens is 352 g/mol. The zero-order valence-electron chi connectivity index (χ0n) is 18.4. The van der Waals surface area contributed by atoms with Gasteiger partial charge in [-0.2, -0.15) is 0 Å². The second-order valence-corrected chi connectivity index (χ2v) is 7.83. The molecule has 0 aromatic rings. The summed E-state index contributed by atoms with van der Waals surface area (Å²) >= 11 is 0. The molecule has 0 aromatic carbocycles. The van der Waals surface area contributed by atoms with Crippen LogP contribution in [-0.2, 0) is 14.3 Å². The first-order chi connectivity index (χ1) is 13.6. The maximum Gasteiger partial charge on any atom is 0.307 e. The molecule has 0 aliphatic carbocycles. The molecule has 0 fully saturated rings. The normalized spacial score (nSPS) is 12.4. The highest BCUT2D eigenvalue weighted by molar-refractivity contribution is 5.71. The van der Waals surface area contributed by atoms with Crippen LogP contribution in [0.25, 0.3) is 0 Å². The van der Waals surface area contributed by atoms with Crippen LogP contribution in [0.3, 0.4) is 0 Å². The predicted molar refractivity (Wildman–Crippen MR) is 116 cm³/mol. The fourth-order valence-electron chi connectivity index (χ4n) is 3.26. The largest absolute Gasteiger partial charge is 0.481 e. The van der Waals surface area contributed by atoms with Crippen LogP contribution >= 0.6 is 0 Å². The summed E-state index contributed by atoms with van der Waals surface area (Å²) in [6.45, 7) is 4.42. The number of esters is 1. The lowest BCUT2D eigenvalue weighted by molar-refractivity contribution is -0.153. The third-order valence-corrected chi connectivity index (χ3v) is 4.97. The van der Waals surface area contributed by atoms with Crippen molar-refractivity contribution in [2.45, 2.75) is 129 Å². The van der Waals surface area contributed by atoms with Crippen molar-refractivity contribution >= 4 is 11.9 Å². The molecule has 0 saturated heterocycles. The Kier molecular flexibility index (Phi) is 19.5. The van der Waals surface area contributed by atoms with Gasteiger partial charge in [-0.1, -0.05) is 83.8 Å². The summed E-state index contributed by atoms with van der Waals surface area (Å²) in [4.78, 5) is 23.0. The van der Waals surface area contributed by atoms with Gasteiger partial charge < -0.3 is 9.84 Å². The summed E-state index contributed by atoms with van der Waals surface area (Å²) < 4.78 is 5.43. The maximum atomic E-state index is 12.0. The number of aliphatic carboxylic acids is 1. The smallest absolute Gasteiger partial charge is 0.307 e. The summed E-state index contributed by atoms with van der Waals surface area (Å²) in [5, 5.41) is 9.05. The fourth-order valence-corrected chi connectivity index (χ4v) is 3.26. The van der Waals surface area contributed by atoms with E-state index < -0.39 is 12.1 Å². The Bertz CT molecular complexity index is 403. The molecule has 0 aromatic heterocycles. The van der Waals surface area contributed by atoms with Crippen LogP contribution in [0, 0.1) is 0 Å². The van der Waals surface area contributed by atoms with Crippen LogP contribution < -0.4 is 0 Å². The van der Waals surface area contributed by atoms with Crippen molar-refractivity contribution in [3.63, 3.8) is 0 Å². The van der Waals surface area contributed by atoms with Gasteiger partial charge in [0.05, 0.1) is 6.42 Å². The van der Waals surface area contributed by atoms with E-state index in [4.69, 9.17) is 9.84 Å². The van der Waals surface area contributed by atoms with Gasteiger partial charge in [-0.05, 0) is 38.5 Å². The highest BCUT2D eigenvalue weighted by Gasteiger charge is 2.17. The lowest BCUT2D eigenvalue weighted by Crippen LogP contribution is -2.21. The Morgan fingerprint density at radius 1 is 0.786 bits per heavy atom. The van der Waals surface area contributed by atoms with Crippen LogP contribution in [0.2, 0.25) is 0 Å². The monoisotopic (exact) mass is 396 g/mol. The topological polar surface area (TPSA) is 63.6 Å². The third-order valence-electron chi connectivity index (χ3n) is 4.97. The summed E-state index contributed by atoms with van der Waals surface area (Å²) in [5.74, 6) is -1.16. The first-order valence-electron chi connectivity index (χ1n) is 11.7. The Morgan fingerprint density at radius 2 is 1.32 bits per heavy atom. The van der Waals surface area contributed by atoms with Gasteiger partial charge in [0, 0.05) is 6.42 Å². The van der Waals surface area contributed by atoms with Gasteiger partial charge in [-0.15, -0.1) is 0 Å². The Hall–Kier alpha value is -1.32. The zero-order valence-corrected chi connectivity index (χ0v) is 18.4.